The third kappa shape index (κ3) is 6.25. The number of nitrogens with zero attached hydrogens (tertiary/aromatic N) is 1. The Morgan fingerprint density at radius 1 is 1.39 bits per heavy atom. The lowest BCUT2D eigenvalue weighted by Gasteiger charge is -2.23. The molecule has 1 aliphatic carbocycles. The Balaban J connectivity index is 0.00000264. The summed E-state index contributed by atoms with van der Waals surface area (Å²) in [6.45, 7) is 1.21. The molecule has 0 atom stereocenters. The van der Waals surface area contributed by atoms with Crippen LogP contribution >= 0.6 is 24.0 Å². The van der Waals surface area contributed by atoms with Crippen LogP contribution in [0, 0.1) is 5.92 Å². The summed E-state index contributed by atoms with van der Waals surface area (Å²) in [5.74, 6) is 1.47. The number of para-hydroxylation sites is 2. The van der Waals surface area contributed by atoms with Crippen molar-refractivity contribution in [2.75, 3.05) is 25.5 Å². The number of guanidine groups is 1. The van der Waals surface area contributed by atoms with E-state index in [1.165, 1.54) is 6.42 Å². The summed E-state index contributed by atoms with van der Waals surface area (Å²) in [5, 5.41) is 5.95. The Morgan fingerprint density at radius 3 is 2.78 bits per heavy atom. The van der Waals surface area contributed by atoms with Crippen LogP contribution in [0.5, 0.6) is 5.75 Å². The summed E-state index contributed by atoms with van der Waals surface area (Å²) in [6, 6.07) is 7.52. The van der Waals surface area contributed by atoms with Crippen LogP contribution in [0.3, 0.4) is 0 Å². The van der Waals surface area contributed by atoms with Crippen molar-refractivity contribution in [3.63, 3.8) is 0 Å². The Bertz CT molecular complexity index is 533. The minimum absolute atomic E-state index is 0. The van der Waals surface area contributed by atoms with E-state index >= 15 is 0 Å². The molecule has 1 aromatic carbocycles. The molecule has 1 aliphatic rings. The number of aliphatic imine (C=N–C) groups is 1. The van der Waals surface area contributed by atoms with Gasteiger partial charge in [0.05, 0.1) is 12.8 Å². The van der Waals surface area contributed by atoms with Gasteiger partial charge in [-0.3, -0.25) is 9.79 Å². The monoisotopic (exact) mass is 432 g/mol. The van der Waals surface area contributed by atoms with Crippen LogP contribution in [0.15, 0.2) is 29.3 Å². The first kappa shape index (κ1) is 19.5. The molecule has 1 saturated carbocycles. The molecule has 1 amide bonds. The highest BCUT2D eigenvalue weighted by Gasteiger charge is 2.24. The first-order valence-corrected chi connectivity index (χ1v) is 7.68. The zero-order valence-corrected chi connectivity index (χ0v) is 15.7. The third-order valence-electron chi connectivity index (χ3n) is 3.76. The fourth-order valence-electron chi connectivity index (χ4n) is 2.23. The predicted octanol–water partition coefficient (Wildman–Crippen LogP) is 2.35. The van der Waals surface area contributed by atoms with Gasteiger partial charge < -0.3 is 21.1 Å². The molecule has 0 heterocycles. The summed E-state index contributed by atoms with van der Waals surface area (Å²) >= 11 is 0. The highest BCUT2D eigenvalue weighted by molar-refractivity contribution is 14.0. The molecule has 23 heavy (non-hydrogen) atoms. The largest absolute Gasteiger partial charge is 0.495 e. The van der Waals surface area contributed by atoms with Crippen LogP contribution in [0.2, 0.25) is 0 Å². The van der Waals surface area contributed by atoms with Crippen LogP contribution in [0.25, 0.3) is 0 Å². The van der Waals surface area contributed by atoms with E-state index in [0.717, 1.165) is 24.9 Å². The van der Waals surface area contributed by atoms with Gasteiger partial charge in [-0.15, -0.1) is 24.0 Å². The van der Waals surface area contributed by atoms with E-state index in [9.17, 15) is 4.79 Å². The van der Waals surface area contributed by atoms with Gasteiger partial charge in [-0.2, -0.15) is 0 Å². The number of ether oxygens (including phenoxy) is 1. The number of nitrogens with two attached hydrogens (primary N) is 1. The second-order valence-corrected chi connectivity index (χ2v) is 5.36. The number of amides is 1. The van der Waals surface area contributed by atoms with Crippen molar-refractivity contribution in [2.24, 2.45) is 16.6 Å². The Hall–Kier alpha value is -1.51. The molecular formula is C16H25IN4O2. The second-order valence-electron chi connectivity index (χ2n) is 5.36. The van der Waals surface area contributed by atoms with Gasteiger partial charge in [0.25, 0.3) is 0 Å². The number of benzene rings is 1. The molecule has 0 aromatic heterocycles. The van der Waals surface area contributed by atoms with Crippen molar-refractivity contribution in [1.82, 2.24) is 5.32 Å². The molecule has 2 rings (SSSR count). The first-order valence-electron chi connectivity index (χ1n) is 7.68. The number of rotatable bonds is 7. The van der Waals surface area contributed by atoms with Crippen LogP contribution in [-0.4, -0.2) is 32.1 Å². The number of anilines is 1. The van der Waals surface area contributed by atoms with Gasteiger partial charge in [0, 0.05) is 19.0 Å². The standard InChI is InChI=1S/C16H24N4O2.HI/c1-22-14-9-3-2-8-13(14)20-16(17)19-11-5-10-18-15(21)12-6-4-7-12;/h2-3,8-9,12H,4-7,10-11H2,1H3,(H,18,21)(H3,17,19,20);1H. The van der Waals surface area contributed by atoms with Crippen molar-refractivity contribution in [2.45, 2.75) is 25.7 Å². The molecule has 0 unspecified atom stereocenters. The smallest absolute Gasteiger partial charge is 0.223 e. The minimum atomic E-state index is 0. The van der Waals surface area contributed by atoms with Crippen LogP contribution in [-0.2, 0) is 4.79 Å². The van der Waals surface area contributed by atoms with E-state index < -0.39 is 0 Å². The molecule has 7 heteroatoms. The van der Waals surface area contributed by atoms with Crippen molar-refractivity contribution >= 4 is 41.5 Å². The Labute approximate surface area is 154 Å². The predicted molar refractivity (Wildman–Crippen MR) is 103 cm³/mol. The van der Waals surface area contributed by atoms with Gasteiger partial charge in [-0.25, -0.2) is 0 Å². The van der Waals surface area contributed by atoms with Crippen LogP contribution in [0.4, 0.5) is 5.69 Å². The molecule has 0 spiro atoms. The van der Waals surface area contributed by atoms with E-state index in [0.29, 0.717) is 24.8 Å². The molecule has 1 fully saturated rings. The molecule has 4 N–H and O–H groups in total. The summed E-state index contributed by atoms with van der Waals surface area (Å²) < 4.78 is 5.23. The summed E-state index contributed by atoms with van der Waals surface area (Å²) in [6.07, 6.45) is 4.00. The fraction of sp³-hybridized carbons (Fsp3) is 0.500. The van der Waals surface area contributed by atoms with Gasteiger partial charge >= 0.3 is 0 Å². The highest BCUT2D eigenvalue weighted by Crippen LogP contribution is 2.26. The molecule has 0 aliphatic heterocycles. The quantitative estimate of drug-likeness (QED) is 0.267. The topological polar surface area (TPSA) is 88.7 Å². The zero-order chi connectivity index (χ0) is 15.8. The van der Waals surface area contributed by atoms with Gasteiger partial charge in [0.2, 0.25) is 5.91 Å². The van der Waals surface area contributed by atoms with E-state index in [2.05, 4.69) is 15.6 Å². The molecule has 0 bridgehead atoms. The SMILES string of the molecule is COc1ccccc1NC(N)=NCCCNC(=O)C1CCC1.I. The number of carbonyl (C=O) groups excluding carboxylic acids is 1. The van der Waals surface area contributed by atoms with Gasteiger partial charge in [0.1, 0.15) is 5.75 Å². The summed E-state index contributed by atoms with van der Waals surface area (Å²) in [4.78, 5) is 15.9. The fourth-order valence-corrected chi connectivity index (χ4v) is 2.23. The van der Waals surface area contributed by atoms with E-state index in [4.69, 9.17) is 10.5 Å². The second kappa shape index (κ2) is 10.3. The molecular weight excluding hydrogens is 407 g/mol. The van der Waals surface area contributed by atoms with Crippen molar-refractivity contribution in [1.29, 1.82) is 0 Å². The number of hydrogen-bond acceptors (Lipinski definition) is 3. The minimum Gasteiger partial charge on any atom is -0.495 e. The van der Waals surface area contributed by atoms with E-state index in [-0.39, 0.29) is 35.8 Å². The average Bonchev–Trinajstić information content (AvgIpc) is 2.45. The zero-order valence-electron chi connectivity index (χ0n) is 13.4. The molecule has 6 nitrogen and oxygen atoms in total. The number of methoxy groups -OCH3 is 1. The maximum absolute atomic E-state index is 11.6. The number of carbonyl (C=O) groups is 1. The lowest BCUT2D eigenvalue weighted by molar-refractivity contribution is -0.127. The van der Waals surface area contributed by atoms with Crippen LogP contribution in [0.1, 0.15) is 25.7 Å². The van der Waals surface area contributed by atoms with Crippen LogP contribution < -0.4 is 21.1 Å². The lowest BCUT2D eigenvalue weighted by Crippen LogP contribution is -2.35. The average molecular weight is 432 g/mol. The van der Waals surface area contributed by atoms with Gasteiger partial charge in [0.15, 0.2) is 5.96 Å². The number of hydrogen-bond donors (Lipinski definition) is 3. The lowest BCUT2D eigenvalue weighted by atomic mass is 9.85. The summed E-state index contributed by atoms with van der Waals surface area (Å²) in [7, 11) is 1.61. The Kier molecular flexibility index (Phi) is 8.75. The van der Waals surface area contributed by atoms with Gasteiger partial charge in [-0.05, 0) is 31.4 Å². The number of halogens is 1. The summed E-state index contributed by atoms with van der Waals surface area (Å²) in [5.41, 5.74) is 6.63. The maximum atomic E-state index is 11.6. The van der Waals surface area contributed by atoms with Crippen molar-refractivity contribution in [3.8, 4) is 5.75 Å². The van der Waals surface area contributed by atoms with Gasteiger partial charge in [-0.1, -0.05) is 18.6 Å². The maximum Gasteiger partial charge on any atom is 0.223 e. The van der Waals surface area contributed by atoms with Crippen molar-refractivity contribution < 1.29 is 9.53 Å². The third-order valence-corrected chi connectivity index (χ3v) is 3.76. The molecule has 128 valence electrons. The van der Waals surface area contributed by atoms with E-state index in [1.807, 2.05) is 24.3 Å². The highest BCUT2D eigenvalue weighted by atomic mass is 127. The molecule has 0 radical (unpaired) electrons. The van der Waals surface area contributed by atoms with Crippen molar-refractivity contribution in [3.05, 3.63) is 24.3 Å². The number of nitrogens with one attached hydrogen (secondary N) is 2. The normalized spacial score (nSPS) is 14.4. The molecule has 0 saturated heterocycles. The molecule has 1 aromatic rings. The first-order chi connectivity index (χ1) is 10.7. The Morgan fingerprint density at radius 2 is 2.13 bits per heavy atom. The van der Waals surface area contributed by atoms with E-state index in [1.54, 1.807) is 7.11 Å².